The second-order valence-electron chi connectivity index (χ2n) is 6.09. The van der Waals surface area contributed by atoms with Gasteiger partial charge in [-0.3, -0.25) is 4.40 Å². The Hall–Kier alpha value is -2.59. The molecule has 0 saturated heterocycles. The summed E-state index contributed by atoms with van der Waals surface area (Å²) < 4.78 is 4.51. The molecule has 0 atom stereocenters. The molecule has 0 amide bonds. The molecule has 2 aromatic heterocycles. The Labute approximate surface area is 141 Å². The molecule has 0 aliphatic carbocycles. The Morgan fingerprint density at radius 3 is 2.58 bits per heavy atom. The molecule has 4 nitrogen and oxygen atoms in total. The minimum atomic E-state index is 0.890. The second-order valence-corrected chi connectivity index (χ2v) is 6.09. The number of likely N-dealkylation sites (N-methyl/N-ethyl adjacent to an activating group) is 1. The van der Waals surface area contributed by atoms with E-state index in [1.807, 2.05) is 13.1 Å². The summed E-state index contributed by atoms with van der Waals surface area (Å²) in [4.78, 5) is 4.85. The molecule has 122 valence electrons. The van der Waals surface area contributed by atoms with E-state index in [1.54, 1.807) is 0 Å². The van der Waals surface area contributed by atoms with Gasteiger partial charge in [0.2, 0.25) is 5.78 Å². The Kier molecular flexibility index (Phi) is 3.82. The van der Waals surface area contributed by atoms with Gasteiger partial charge < -0.3 is 9.88 Å². The van der Waals surface area contributed by atoms with Crippen LogP contribution in [-0.2, 0) is 13.0 Å². The van der Waals surface area contributed by atoms with Gasteiger partial charge in [-0.1, -0.05) is 43.3 Å². The van der Waals surface area contributed by atoms with E-state index in [1.165, 1.54) is 16.8 Å². The monoisotopic (exact) mass is 318 g/mol. The lowest BCUT2D eigenvalue weighted by molar-refractivity contribution is 0.660. The molecule has 4 heteroatoms. The van der Waals surface area contributed by atoms with E-state index < -0.39 is 0 Å². The fourth-order valence-corrected chi connectivity index (χ4v) is 3.23. The Bertz CT molecular complexity index is 976. The van der Waals surface area contributed by atoms with E-state index in [0.717, 1.165) is 36.3 Å². The molecule has 24 heavy (non-hydrogen) atoms. The number of imidazole rings is 2. The Balaban J connectivity index is 1.92. The maximum absolute atomic E-state index is 4.85. The first kappa shape index (κ1) is 15.0. The molecule has 0 radical (unpaired) electrons. The molecule has 4 aromatic rings. The molecule has 2 heterocycles. The van der Waals surface area contributed by atoms with E-state index in [-0.39, 0.29) is 0 Å². The van der Waals surface area contributed by atoms with Crippen LogP contribution >= 0.6 is 0 Å². The molecule has 0 spiro atoms. The lowest BCUT2D eigenvalue weighted by Gasteiger charge is -2.09. The highest BCUT2D eigenvalue weighted by Crippen LogP contribution is 2.26. The van der Waals surface area contributed by atoms with Crippen LogP contribution in [0.15, 0.2) is 54.7 Å². The van der Waals surface area contributed by atoms with Crippen LogP contribution in [0.5, 0.6) is 0 Å². The van der Waals surface area contributed by atoms with Crippen LogP contribution in [0.2, 0.25) is 0 Å². The fraction of sp³-hybridized carbons (Fsp3) is 0.250. The molecular formula is C20H22N4. The minimum absolute atomic E-state index is 0.890. The average Bonchev–Trinajstić information content (AvgIpc) is 3.16. The zero-order valence-corrected chi connectivity index (χ0v) is 14.2. The highest BCUT2D eigenvalue weighted by atomic mass is 15.2. The van der Waals surface area contributed by atoms with Crippen LogP contribution in [0.1, 0.15) is 12.5 Å². The fourth-order valence-electron chi connectivity index (χ4n) is 3.23. The summed E-state index contributed by atoms with van der Waals surface area (Å²) in [5.41, 5.74) is 6.00. The molecule has 0 fully saturated rings. The van der Waals surface area contributed by atoms with Crippen molar-refractivity contribution in [2.45, 2.75) is 19.9 Å². The van der Waals surface area contributed by atoms with Crippen LogP contribution in [0.25, 0.3) is 28.1 Å². The van der Waals surface area contributed by atoms with Gasteiger partial charge in [-0.2, -0.15) is 0 Å². The smallest absolute Gasteiger partial charge is 0.215 e. The molecule has 2 aromatic carbocycles. The lowest BCUT2D eigenvalue weighted by atomic mass is 10.1. The topological polar surface area (TPSA) is 34.3 Å². The summed E-state index contributed by atoms with van der Waals surface area (Å²) in [5, 5.41) is 3.24. The van der Waals surface area contributed by atoms with Crippen molar-refractivity contribution >= 4 is 16.8 Å². The van der Waals surface area contributed by atoms with Crippen molar-refractivity contribution in [1.82, 2.24) is 19.3 Å². The number of para-hydroxylation sites is 2. The normalized spacial score (nSPS) is 11.6. The Morgan fingerprint density at radius 1 is 1.04 bits per heavy atom. The van der Waals surface area contributed by atoms with Crippen LogP contribution in [-0.4, -0.2) is 27.5 Å². The summed E-state index contributed by atoms with van der Waals surface area (Å²) in [6.45, 7) is 3.99. The zero-order chi connectivity index (χ0) is 16.5. The van der Waals surface area contributed by atoms with Gasteiger partial charge in [-0.15, -0.1) is 0 Å². The predicted octanol–water partition coefficient (Wildman–Crippen LogP) is 3.74. The van der Waals surface area contributed by atoms with Gasteiger partial charge in [0.1, 0.15) is 0 Å². The molecule has 0 saturated carbocycles. The van der Waals surface area contributed by atoms with Gasteiger partial charge in [0.15, 0.2) is 0 Å². The number of nitrogens with one attached hydrogen (secondary N) is 1. The average molecular weight is 318 g/mol. The van der Waals surface area contributed by atoms with Gasteiger partial charge in [0, 0.05) is 19.3 Å². The van der Waals surface area contributed by atoms with Crippen molar-refractivity contribution in [2.75, 3.05) is 13.6 Å². The first-order chi connectivity index (χ1) is 11.8. The zero-order valence-electron chi connectivity index (χ0n) is 14.2. The molecule has 1 N–H and O–H groups in total. The quantitative estimate of drug-likeness (QED) is 0.608. The third kappa shape index (κ3) is 2.39. The third-order valence-corrected chi connectivity index (χ3v) is 4.60. The second kappa shape index (κ2) is 6.13. The molecule has 4 rings (SSSR count). The van der Waals surface area contributed by atoms with E-state index in [4.69, 9.17) is 4.98 Å². The predicted molar refractivity (Wildman–Crippen MR) is 99.4 cm³/mol. The van der Waals surface area contributed by atoms with Gasteiger partial charge in [0.25, 0.3) is 0 Å². The number of rotatable bonds is 5. The van der Waals surface area contributed by atoms with Crippen molar-refractivity contribution in [2.24, 2.45) is 0 Å². The number of nitrogens with zero attached hydrogens (tertiary/aromatic N) is 3. The maximum Gasteiger partial charge on any atom is 0.215 e. The van der Waals surface area contributed by atoms with Crippen molar-refractivity contribution in [3.05, 3.63) is 60.3 Å². The SMILES string of the molecule is CCc1ccc(-c2cn3c4ccccc4nc3n2CCNC)cc1. The van der Waals surface area contributed by atoms with Gasteiger partial charge in [-0.05, 0) is 36.7 Å². The lowest BCUT2D eigenvalue weighted by Crippen LogP contribution is -2.15. The van der Waals surface area contributed by atoms with Gasteiger partial charge in [0.05, 0.1) is 16.7 Å². The van der Waals surface area contributed by atoms with E-state index in [2.05, 4.69) is 69.9 Å². The summed E-state index contributed by atoms with van der Waals surface area (Å²) in [5.74, 6) is 1.00. The third-order valence-electron chi connectivity index (χ3n) is 4.60. The van der Waals surface area contributed by atoms with Crippen molar-refractivity contribution in [3.63, 3.8) is 0 Å². The number of hydrogen-bond acceptors (Lipinski definition) is 2. The first-order valence-corrected chi connectivity index (χ1v) is 8.52. The molecule has 0 unspecified atom stereocenters. The van der Waals surface area contributed by atoms with E-state index in [9.17, 15) is 0 Å². The summed E-state index contributed by atoms with van der Waals surface area (Å²) in [6.07, 6.45) is 3.27. The molecule has 0 aliphatic heterocycles. The van der Waals surface area contributed by atoms with Crippen molar-refractivity contribution in [1.29, 1.82) is 0 Å². The number of aryl methyl sites for hydroxylation is 1. The van der Waals surface area contributed by atoms with Gasteiger partial charge >= 0.3 is 0 Å². The molecule has 0 aliphatic rings. The molecular weight excluding hydrogens is 296 g/mol. The van der Waals surface area contributed by atoms with Crippen LogP contribution < -0.4 is 5.32 Å². The summed E-state index contributed by atoms with van der Waals surface area (Å²) >= 11 is 0. The van der Waals surface area contributed by atoms with Crippen LogP contribution in [0.3, 0.4) is 0 Å². The number of fused-ring (bicyclic) bond motifs is 3. The van der Waals surface area contributed by atoms with Crippen LogP contribution in [0.4, 0.5) is 0 Å². The summed E-state index contributed by atoms with van der Waals surface area (Å²) in [6, 6.07) is 17.2. The van der Waals surface area contributed by atoms with Crippen molar-refractivity contribution in [3.8, 4) is 11.3 Å². The largest absolute Gasteiger partial charge is 0.318 e. The van der Waals surface area contributed by atoms with Crippen LogP contribution in [0, 0.1) is 0 Å². The number of benzene rings is 2. The van der Waals surface area contributed by atoms with Crippen molar-refractivity contribution < 1.29 is 0 Å². The Morgan fingerprint density at radius 2 is 1.83 bits per heavy atom. The van der Waals surface area contributed by atoms with E-state index >= 15 is 0 Å². The van der Waals surface area contributed by atoms with Gasteiger partial charge in [-0.25, -0.2) is 4.98 Å². The minimum Gasteiger partial charge on any atom is -0.318 e. The van der Waals surface area contributed by atoms with E-state index in [0.29, 0.717) is 0 Å². The standard InChI is InChI=1S/C20H22N4/c1-3-15-8-10-16(11-9-15)19-14-24-18-7-5-4-6-17(18)22-20(24)23(19)13-12-21-2/h4-11,14,21H,3,12-13H2,1-2H3. The first-order valence-electron chi connectivity index (χ1n) is 8.52. The number of aromatic nitrogens is 3. The summed E-state index contributed by atoms with van der Waals surface area (Å²) in [7, 11) is 1.98. The maximum atomic E-state index is 4.85. The highest BCUT2D eigenvalue weighted by Gasteiger charge is 2.14. The number of hydrogen-bond donors (Lipinski definition) is 1. The highest BCUT2D eigenvalue weighted by molar-refractivity contribution is 5.81. The molecule has 0 bridgehead atoms.